The molecule has 0 aromatic heterocycles. The van der Waals surface area contributed by atoms with Crippen molar-refractivity contribution in [1.82, 2.24) is 4.72 Å². The summed E-state index contributed by atoms with van der Waals surface area (Å²) in [5, 5.41) is 0. The van der Waals surface area contributed by atoms with Crippen LogP contribution in [0.5, 0.6) is 0 Å². The molecule has 1 aromatic carbocycles. The monoisotopic (exact) mass is 279 g/mol. The van der Waals surface area contributed by atoms with Crippen molar-refractivity contribution in [2.24, 2.45) is 11.8 Å². The van der Waals surface area contributed by atoms with Gasteiger partial charge in [-0.25, -0.2) is 13.1 Å². The van der Waals surface area contributed by atoms with Crippen LogP contribution < -0.4 is 4.72 Å². The fourth-order valence-electron chi connectivity index (χ4n) is 3.64. The molecule has 0 aliphatic heterocycles. The van der Waals surface area contributed by atoms with Crippen LogP contribution in [0.25, 0.3) is 0 Å². The Balaban J connectivity index is 1.68. The molecule has 2 bridgehead atoms. The maximum Gasteiger partial charge on any atom is 0.216 e. The van der Waals surface area contributed by atoms with Crippen molar-refractivity contribution in [3.63, 3.8) is 0 Å². The predicted molar refractivity (Wildman–Crippen MR) is 76.2 cm³/mol. The smallest absolute Gasteiger partial charge is 0.212 e. The molecule has 0 saturated heterocycles. The third-order valence-corrected chi connectivity index (χ3v) is 6.03. The highest BCUT2D eigenvalue weighted by atomic mass is 32.2. The molecule has 1 aromatic rings. The molecule has 2 fully saturated rings. The molecule has 4 heteroatoms. The minimum Gasteiger partial charge on any atom is -0.212 e. The van der Waals surface area contributed by atoms with E-state index in [1.54, 1.807) is 0 Å². The normalized spacial score (nSPS) is 29.8. The van der Waals surface area contributed by atoms with Crippen LogP contribution in [0.2, 0.25) is 0 Å². The predicted octanol–water partition coefficient (Wildman–Crippen LogP) is 2.60. The van der Waals surface area contributed by atoms with Gasteiger partial charge in [-0.3, -0.25) is 0 Å². The molecule has 3 rings (SSSR count). The molecule has 2 saturated carbocycles. The lowest BCUT2D eigenvalue weighted by Gasteiger charge is -2.22. The van der Waals surface area contributed by atoms with Crippen molar-refractivity contribution >= 4 is 10.0 Å². The second-order valence-electron chi connectivity index (χ2n) is 6.08. The van der Waals surface area contributed by atoms with Crippen LogP contribution in [0, 0.1) is 18.8 Å². The van der Waals surface area contributed by atoms with Crippen LogP contribution in [-0.4, -0.2) is 14.5 Å². The molecule has 3 atom stereocenters. The van der Waals surface area contributed by atoms with Crippen LogP contribution in [0.3, 0.4) is 0 Å². The largest absolute Gasteiger partial charge is 0.216 e. The maximum absolute atomic E-state index is 12.3. The summed E-state index contributed by atoms with van der Waals surface area (Å²) in [4.78, 5) is 0. The average molecular weight is 279 g/mol. The van der Waals surface area contributed by atoms with E-state index in [1.165, 1.54) is 19.3 Å². The molecule has 2 aliphatic rings. The molecule has 0 amide bonds. The van der Waals surface area contributed by atoms with Crippen LogP contribution >= 0.6 is 0 Å². The first-order valence-corrected chi connectivity index (χ1v) is 8.73. The topological polar surface area (TPSA) is 46.2 Å². The molecule has 0 radical (unpaired) electrons. The summed E-state index contributed by atoms with van der Waals surface area (Å²) < 4.78 is 27.5. The highest BCUT2D eigenvalue weighted by Gasteiger charge is 2.41. The molecule has 3 nitrogen and oxygen atoms in total. The van der Waals surface area contributed by atoms with E-state index in [1.807, 2.05) is 31.2 Å². The second-order valence-corrected chi connectivity index (χ2v) is 7.84. The van der Waals surface area contributed by atoms with Gasteiger partial charge in [-0.15, -0.1) is 0 Å². The molecule has 19 heavy (non-hydrogen) atoms. The number of fused-ring (bicyclic) bond motifs is 2. The van der Waals surface area contributed by atoms with Crippen molar-refractivity contribution in [1.29, 1.82) is 0 Å². The summed E-state index contributed by atoms with van der Waals surface area (Å²) in [5.74, 6) is 1.45. The first-order valence-electron chi connectivity index (χ1n) is 7.08. The number of hydrogen-bond acceptors (Lipinski definition) is 2. The van der Waals surface area contributed by atoms with Crippen LogP contribution in [-0.2, 0) is 15.8 Å². The summed E-state index contributed by atoms with van der Waals surface area (Å²) in [5.41, 5.74) is 1.94. The SMILES string of the molecule is Cc1ccccc1CS(=O)(=O)N[C@@H]1C[C@H]2CC[C@@H]1C2. The fourth-order valence-corrected chi connectivity index (χ4v) is 5.20. The zero-order valence-corrected chi connectivity index (χ0v) is 12.1. The summed E-state index contributed by atoms with van der Waals surface area (Å²) in [7, 11) is -3.21. The van der Waals surface area contributed by atoms with Gasteiger partial charge in [0.05, 0.1) is 5.75 Å². The van der Waals surface area contributed by atoms with E-state index < -0.39 is 10.0 Å². The number of benzene rings is 1. The lowest BCUT2D eigenvalue weighted by atomic mass is 9.96. The Morgan fingerprint density at radius 2 is 2.00 bits per heavy atom. The Hall–Kier alpha value is -0.870. The summed E-state index contributed by atoms with van der Waals surface area (Å²) in [6.45, 7) is 1.96. The molecule has 0 heterocycles. The van der Waals surface area contributed by atoms with Gasteiger partial charge in [0.2, 0.25) is 10.0 Å². The standard InChI is InChI=1S/C15H21NO2S/c1-11-4-2-3-5-14(11)10-19(17,18)16-15-9-12-6-7-13(15)8-12/h2-5,12-13,15-16H,6-10H2,1H3/t12-,13+,15+/m0/s1. The first-order chi connectivity index (χ1) is 9.03. The van der Waals surface area contributed by atoms with E-state index >= 15 is 0 Å². The molecule has 1 N–H and O–H groups in total. The Morgan fingerprint density at radius 3 is 2.63 bits per heavy atom. The van der Waals surface area contributed by atoms with E-state index in [-0.39, 0.29) is 11.8 Å². The van der Waals surface area contributed by atoms with Gasteiger partial charge in [0.15, 0.2) is 0 Å². The van der Waals surface area contributed by atoms with Gasteiger partial charge in [-0.1, -0.05) is 30.7 Å². The van der Waals surface area contributed by atoms with Crippen molar-refractivity contribution < 1.29 is 8.42 Å². The fraction of sp³-hybridized carbons (Fsp3) is 0.600. The van der Waals surface area contributed by atoms with Crippen molar-refractivity contribution in [3.05, 3.63) is 35.4 Å². The minimum atomic E-state index is -3.21. The zero-order valence-electron chi connectivity index (χ0n) is 11.3. The molecule has 0 unspecified atom stereocenters. The summed E-state index contributed by atoms with van der Waals surface area (Å²) in [6.07, 6.45) is 4.75. The van der Waals surface area contributed by atoms with Gasteiger partial charge in [-0.2, -0.15) is 0 Å². The van der Waals surface area contributed by atoms with E-state index in [0.717, 1.165) is 23.5 Å². The minimum absolute atomic E-state index is 0.105. The van der Waals surface area contributed by atoms with Gasteiger partial charge < -0.3 is 0 Å². The molecular weight excluding hydrogens is 258 g/mol. The van der Waals surface area contributed by atoms with Crippen molar-refractivity contribution in [2.75, 3.05) is 0 Å². The average Bonchev–Trinajstić information content (AvgIpc) is 2.93. The molecule has 0 spiro atoms. The van der Waals surface area contributed by atoms with Crippen LogP contribution in [0.1, 0.15) is 36.8 Å². The van der Waals surface area contributed by atoms with E-state index in [4.69, 9.17) is 0 Å². The first kappa shape index (κ1) is 13.1. The Morgan fingerprint density at radius 1 is 1.21 bits per heavy atom. The summed E-state index contributed by atoms with van der Waals surface area (Å²) in [6, 6.07) is 7.88. The second kappa shape index (κ2) is 4.91. The molecule has 2 aliphatic carbocycles. The Labute approximate surface area is 115 Å². The third kappa shape index (κ3) is 2.84. The van der Waals surface area contributed by atoms with Crippen molar-refractivity contribution in [3.8, 4) is 0 Å². The number of hydrogen-bond donors (Lipinski definition) is 1. The number of nitrogens with one attached hydrogen (secondary N) is 1. The van der Waals surface area contributed by atoms with E-state index in [0.29, 0.717) is 5.92 Å². The van der Waals surface area contributed by atoms with Gasteiger partial charge in [-0.05, 0) is 49.1 Å². The quantitative estimate of drug-likeness (QED) is 0.921. The van der Waals surface area contributed by atoms with E-state index in [2.05, 4.69) is 4.72 Å². The van der Waals surface area contributed by atoms with Crippen molar-refractivity contribution in [2.45, 2.75) is 44.4 Å². The molecule has 104 valence electrons. The van der Waals surface area contributed by atoms with Crippen LogP contribution in [0.4, 0.5) is 0 Å². The number of sulfonamides is 1. The van der Waals surface area contributed by atoms with Crippen LogP contribution in [0.15, 0.2) is 24.3 Å². The zero-order chi connectivity index (χ0) is 13.5. The number of aryl methyl sites for hydroxylation is 1. The summed E-state index contributed by atoms with van der Waals surface area (Å²) >= 11 is 0. The maximum atomic E-state index is 12.3. The van der Waals surface area contributed by atoms with E-state index in [9.17, 15) is 8.42 Å². The number of rotatable bonds is 4. The Kier molecular flexibility index (Phi) is 3.39. The highest BCUT2D eigenvalue weighted by Crippen LogP contribution is 2.44. The highest BCUT2D eigenvalue weighted by molar-refractivity contribution is 7.88. The lowest BCUT2D eigenvalue weighted by Crippen LogP contribution is -2.39. The third-order valence-electron chi connectivity index (χ3n) is 4.68. The van der Waals surface area contributed by atoms with Gasteiger partial charge in [0.25, 0.3) is 0 Å². The van der Waals surface area contributed by atoms with Gasteiger partial charge in [0.1, 0.15) is 0 Å². The molecular formula is C15H21NO2S. The lowest BCUT2D eigenvalue weighted by molar-refractivity contribution is 0.390. The van der Waals surface area contributed by atoms with Gasteiger partial charge >= 0.3 is 0 Å². The van der Waals surface area contributed by atoms with Gasteiger partial charge in [0, 0.05) is 6.04 Å². The Bertz CT molecular complexity index is 567.